The average molecular weight is 369 g/mol. The smallest absolute Gasteiger partial charge is 0.344 e. The van der Waals surface area contributed by atoms with Crippen LogP contribution in [0.15, 0.2) is 36.4 Å². The molecule has 0 radical (unpaired) electrons. The van der Waals surface area contributed by atoms with Gasteiger partial charge in [0.25, 0.3) is 5.91 Å². The minimum absolute atomic E-state index is 0.245. The Hall–Kier alpha value is -2.82. The van der Waals surface area contributed by atoms with Crippen LogP contribution in [0.2, 0.25) is 0 Å². The fourth-order valence-electron chi connectivity index (χ4n) is 2.66. The quantitative estimate of drug-likeness (QED) is 0.746. The predicted molar refractivity (Wildman–Crippen MR) is 106 cm³/mol. The molecule has 0 saturated carbocycles. The lowest BCUT2D eigenvalue weighted by atomic mass is 10.1. The number of amides is 1. The third-order valence-corrected chi connectivity index (χ3v) is 4.50. The fraction of sp³-hybridized carbons (Fsp3) is 0.364. The van der Waals surface area contributed by atoms with Crippen LogP contribution in [-0.2, 0) is 20.7 Å². The Morgan fingerprint density at radius 2 is 1.78 bits per heavy atom. The Bertz CT molecular complexity index is 829. The van der Waals surface area contributed by atoms with E-state index in [2.05, 4.69) is 5.32 Å². The van der Waals surface area contributed by atoms with Crippen LogP contribution in [0.1, 0.15) is 36.1 Å². The molecule has 1 amide bonds. The maximum atomic E-state index is 12.4. The van der Waals surface area contributed by atoms with Gasteiger partial charge in [-0.3, -0.25) is 4.79 Å². The molecule has 0 fully saturated rings. The summed E-state index contributed by atoms with van der Waals surface area (Å²) in [7, 11) is 0. The Kier molecular flexibility index (Phi) is 6.99. The minimum Gasteiger partial charge on any atom is -0.482 e. The molecule has 0 bridgehead atoms. The Balaban J connectivity index is 1.90. The second-order valence-corrected chi connectivity index (χ2v) is 6.62. The van der Waals surface area contributed by atoms with Crippen LogP contribution in [0.5, 0.6) is 5.75 Å². The highest BCUT2D eigenvalue weighted by Gasteiger charge is 2.20. The van der Waals surface area contributed by atoms with E-state index in [-0.39, 0.29) is 12.5 Å². The highest BCUT2D eigenvalue weighted by atomic mass is 16.6. The van der Waals surface area contributed by atoms with Gasteiger partial charge in [0.15, 0.2) is 12.7 Å². The van der Waals surface area contributed by atoms with E-state index in [1.165, 1.54) is 0 Å². The second-order valence-electron chi connectivity index (χ2n) is 6.62. The number of esters is 1. The van der Waals surface area contributed by atoms with E-state index in [1.54, 1.807) is 13.0 Å². The number of ether oxygens (including phenoxy) is 2. The summed E-state index contributed by atoms with van der Waals surface area (Å²) in [5, 5.41) is 2.87. The van der Waals surface area contributed by atoms with Crippen molar-refractivity contribution in [1.29, 1.82) is 0 Å². The molecule has 0 saturated heterocycles. The first-order valence-electron chi connectivity index (χ1n) is 9.10. The number of hydrogen-bond donors (Lipinski definition) is 1. The van der Waals surface area contributed by atoms with Crippen molar-refractivity contribution in [2.75, 3.05) is 11.9 Å². The first-order valence-corrected chi connectivity index (χ1v) is 9.10. The van der Waals surface area contributed by atoms with Gasteiger partial charge in [-0.1, -0.05) is 31.2 Å². The zero-order valence-electron chi connectivity index (χ0n) is 16.6. The first kappa shape index (κ1) is 20.5. The van der Waals surface area contributed by atoms with E-state index in [1.807, 2.05) is 58.0 Å². The summed E-state index contributed by atoms with van der Waals surface area (Å²) in [4.78, 5) is 24.4. The number of aryl methyl sites for hydroxylation is 4. The number of anilines is 1. The summed E-state index contributed by atoms with van der Waals surface area (Å²) in [5.41, 5.74) is 5.02. The number of para-hydroxylation sites is 1. The summed E-state index contributed by atoms with van der Waals surface area (Å²) in [6.07, 6.45) is -0.111. The lowest BCUT2D eigenvalue weighted by Crippen LogP contribution is -2.32. The van der Waals surface area contributed by atoms with Gasteiger partial charge in [-0.25, -0.2) is 4.79 Å². The van der Waals surface area contributed by atoms with E-state index in [9.17, 15) is 9.59 Å². The maximum Gasteiger partial charge on any atom is 0.344 e. The van der Waals surface area contributed by atoms with Crippen molar-refractivity contribution < 1.29 is 19.1 Å². The van der Waals surface area contributed by atoms with E-state index in [0.29, 0.717) is 5.75 Å². The molecule has 1 atom stereocenters. The van der Waals surface area contributed by atoms with Crippen molar-refractivity contribution >= 4 is 17.6 Å². The number of carbonyl (C=O) groups excluding carboxylic acids is 2. The summed E-state index contributed by atoms with van der Waals surface area (Å²) in [5.74, 6) is -0.352. The van der Waals surface area contributed by atoms with Crippen molar-refractivity contribution in [2.45, 2.75) is 47.1 Å². The lowest BCUT2D eigenvalue weighted by Gasteiger charge is -2.17. The fourth-order valence-corrected chi connectivity index (χ4v) is 2.66. The third kappa shape index (κ3) is 5.58. The van der Waals surface area contributed by atoms with Crippen LogP contribution in [0.25, 0.3) is 0 Å². The lowest BCUT2D eigenvalue weighted by molar-refractivity contribution is -0.155. The zero-order chi connectivity index (χ0) is 20.0. The number of rotatable bonds is 7. The number of nitrogens with one attached hydrogen (secondary N) is 1. The SMILES string of the molecule is CCc1cccc(C)c1NC(=O)C(C)OC(=O)COc1ccc(C)c(C)c1. The van der Waals surface area contributed by atoms with Gasteiger partial charge in [-0.15, -0.1) is 0 Å². The van der Waals surface area contributed by atoms with Crippen LogP contribution < -0.4 is 10.1 Å². The summed E-state index contributed by atoms with van der Waals surface area (Å²) in [6, 6.07) is 11.5. The van der Waals surface area contributed by atoms with E-state index in [0.717, 1.165) is 34.4 Å². The van der Waals surface area contributed by atoms with Crippen LogP contribution >= 0.6 is 0 Å². The molecule has 144 valence electrons. The highest BCUT2D eigenvalue weighted by Crippen LogP contribution is 2.21. The molecule has 2 aromatic carbocycles. The van der Waals surface area contributed by atoms with E-state index >= 15 is 0 Å². The highest BCUT2D eigenvalue weighted by molar-refractivity contribution is 5.96. The summed E-state index contributed by atoms with van der Waals surface area (Å²) < 4.78 is 10.6. The summed E-state index contributed by atoms with van der Waals surface area (Å²) >= 11 is 0. The largest absolute Gasteiger partial charge is 0.482 e. The standard InChI is InChI=1S/C22H27NO4/c1-6-18-9-7-8-15(3)21(18)23-22(25)17(5)27-20(24)13-26-19-11-10-14(2)16(4)12-19/h7-12,17H,6,13H2,1-5H3,(H,23,25). The molecule has 27 heavy (non-hydrogen) atoms. The number of benzene rings is 2. The molecule has 1 N–H and O–H groups in total. The van der Waals surface area contributed by atoms with Crippen LogP contribution in [0.4, 0.5) is 5.69 Å². The Labute approximate surface area is 160 Å². The van der Waals surface area contributed by atoms with Gasteiger partial charge in [0.1, 0.15) is 5.75 Å². The Morgan fingerprint density at radius 1 is 1.04 bits per heavy atom. The molecule has 0 aliphatic carbocycles. The molecular formula is C22H27NO4. The normalized spacial score (nSPS) is 11.6. The van der Waals surface area contributed by atoms with Crippen molar-refractivity contribution in [3.8, 4) is 5.75 Å². The zero-order valence-corrected chi connectivity index (χ0v) is 16.6. The molecule has 0 spiro atoms. The molecule has 5 heteroatoms. The van der Waals surface area contributed by atoms with Crippen molar-refractivity contribution in [2.24, 2.45) is 0 Å². The number of hydrogen-bond acceptors (Lipinski definition) is 4. The molecular weight excluding hydrogens is 342 g/mol. The van der Waals surface area contributed by atoms with Crippen LogP contribution in [-0.4, -0.2) is 24.6 Å². The molecule has 1 unspecified atom stereocenters. The first-order chi connectivity index (χ1) is 12.8. The Morgan fingerprint density at radius 3 is 2.44 bits per heavy atom. The minimum atomic E-state index is -0.912. The van der Waals surface area contributed by atoms with E-state index in [4.69, 9.17) is 9.47 Å². The predicted octanol–water partition coefficient (Wildman–Crippen LogP) is 4.12. The second kappa shape index (κ2) is 9.21. The van der Waals surface area contributed by atoms with Gasteiger partial charge < -0.3 is 14.8 Å². The summed E-state index contributed by atoms with van der Waals surface area (Å²) in [6.45, 7) is 9.24. The molecule has 2 rings (SSSR count). The molecule has 0 heterocycles. The topological polar surface area (TPSA) is 64.6 Å². The van der Waals surface area contributed by atoms with Gasteiger partial charge in [-0.2, -0.15) is 0 Å². The number of carbonyl (C=O) groups is 2. The van der Waals surface area contributed by atoms with Crippen molar-refractivity contribution in [3.05, 3.63) is 58.7 Å². The maximum absolute atomic E-state index is 12.4. The van der Waals surface area contributed by atoms with Gasteiger partial charge in [-0.05, 0) is 68.5 Å². The van der Waals surface area contributed by atoms with Gasteiger partial charge >= 0.3 is 5.97 Å². The molecule has 2 aromatic rings. The molecule has 0 aliphatic heterocycles. The van der Waals surface area contributed by atoms with Crippen LogP contribution in [0, 0.1) is 20.8 Å². The monoisotopic (exact) mass is 369 g/mol. The molecule has 0 aromatic heterocycles. The van der Waals surface area contributed by atoms with Crippen LogP contribution in [0.3, 0.4) is 0 Å². The van der Waals surface area contributed by atoms with E-state index < -0.39 is 12.1 Å². The van der Waals surface area contributed by atoms with Gasteiger partial charge in [0, 0.05) is 5.69 Å². The molecule has 0 aliphatic rings. The average Bonchev–Trinajstić information content (AvgIpc) is 2.64. The third-order valence-electron chi connectivity index (χ3n) is 4.50. The van der Waals surface area contributed by atoms with Gasteiger partial charge in [0.2, 0.25) is 0 Å². The van der Waals surface area contributed by atoms with Gasteiger partial charge in [0.05, 0.1) is 0 Å². The van der Waals surface area contributed by atoms with Crippen molar-refractivity contribution in [1.82, 2.24) is 0 Å². The molecule has 5 nitrogen and oxygen atoms in total. The van der Waals surface area contributed by atoms with Crippen molar-refractivity contribution in [3.63, 3.8) is 0 Å².